The molecular weight excluding hydrogens is 245 g/mol. The fraction of sp³-hybridized carbons (Fsp3) is 0. The molecule has 74 valence electrons. The van der Waals surface area contributed by atoms with Crippen molar-refractivity contribution < 1.29 is 0 Å². The van der Waals surface area contributed by atoms with Crippen LogP contribution in [0.1, 0.15) is 0 Å². The fourth-order valence-electron chi connectivity index (χ4n) is 1.21. The van der Waals surface area contributed by atoms with E-state index in [1.165, 1.54) is 8.70 Å². The van der Waals surface area contributed by atoms with E-state index in [4.69, 9.17) is 5.26 Å². The third-order valence-electron chi connectivity index (χ3n) is 1.84. The molecule has 0 bridgehead atoms. The van der Waals surface area contributed by atoms with Crippen LogP contribution in [0, 0.1) is 11.8 Å². The first-order chi connectivity index (χ1) is 7.45. The van der Waals surface area contributed by atoms with Gasteiger partial charge in [-0.3, -0.25) is 0 Å². The molecule has 0 atom stereocenters. The molecule has 0 heterocycles. The Labute approximate surface area is 97.1 Å². The summed E-state index contributed by atoms with van der Waals surface area (Å²) in [7, 11) is 0. The van der Waals surface area contributed by atoms with E-state index in [1.807, 2.05) is 0 Å². The molecule has 0 aliphatic heterocycles. The number of nitriles is 1. The van der Waals surface area contributed by atoms with E-state index in [0.29, 0.717) is 0 Å². The van der Waals surface area contributed by atoms with Gasteiger partial charge in [-0.2, -0.15) is 0 Å². The van der Waals surface area contributed by atoms with Crippen molar-refractivity contribution >= 4 is 24.5 Å². The zero-order chi connectivity index (χ0) is 10.9. The Kier molecular flexibility index (Phi) is 5.30. The standard InChI is InChI=1S/C12H11As.CHN/c1-3-7-11(8-4-1)13-12-9-5-2-6-10-12;1-2/h1-10,13H;1H. The Morgan fingerprint density at radius 3 is 1.33 bits per heavy atom. The summed E-state index contributed by atoms with van der Waals surface area (Å²) in [5.74, 6) is 0. The SMILES string of the molecule is C#N.c1ccc([AsH]c2ccccc2)cc1. The summed E-state index contributed by atoms with van der Waals surface area (Å²) in [6, 6.07) is 21.5. The first kappa shape index (κ1) is 11.6. The van der Waals surface area contributed by atoms with E-state index < -0.39 is 0 Å². The van der Waals surface area contributed by atoms with Gasteiger partial charge in [0, 0.05) is 6.57 Å². The summed E-state index contributed by atoms with van der Waals surface area (Å²) in [5.41, 5.74) is 0. The van der Waals surface area contributed by atoms with Crippen molar-refractivity contribution in [2.45, 2.75) is 0 Å². The van der Waals surface area contributed by atoms with Crippen LogP contribution in [0.2, 0.25) is 0 Å². The molecule has 0 N–H and O–H groups in total. The first-order valence-electron chi connectivity index (χ1n) is 4.58. The van der Waals surface area contributed by atoms with Crippen LogP contribution in [-0.2, 0) is 0 Å². The molecule has 0 aliphatic rings. The molecule has 0 aliphatic carbocycles. The van der Waals surface area contributed by atoms with Crippen LogP contribution in [-0.4, -0.2) is 15.8 Å². The second-order valence-corrected chi connectivity index (χ2v) is 5.80. The number of hydrogen-bond donors (Lipinski definition) is 0. The van der Waals surface area contributed by atoms with Gasteiger partial charge in [0.2, 0.25) is 0 Å². The quantitative estimate of drug-likeness (QED) is 0.742. The van der Waals surface area contributed by atoms with Gasteiger partial charge in [0.25, 0.3) is 0 Å². The predicted octanol–water partition coefficient (Wildman–Crippen LogP) is 1.21. The van der Waals surface area contributed by atoms with Gasteiger partial charge in [-0.1, -0.05) is 0 Å². The van der Waals surface area contributed by atoms with Gasteiger partial charge in [0.05, 0.1) is 0 Å². The van der Waals surface area contributed by atoms with Gasteiger partial charge in [-0.25, -0.2) is 5.26 Å². The zero-order valence-corrected chi connectivity index (χ0v) is 10.4. The van der Waals surface area contributed by atoms with Crippen molar-refractivity contribution in [2.24, 2.45) is 0 Å². The molecule has 2 heteroatoms. The molecule has 2 aromatic carbocycles. The monoisotopic (exact) mass is 257 g/mol. The van der Waals surface area contributed by atoms with E-state index in [1.54, 1.807) is 0 Å². The fourth-order valence-corrected chi connectivity index (χ4v) is 3.42. The van der Waals surface area contributed by atoms with Crippen LogP contribution in [0.4, 0.5) is 0 Å². The van der Waals surface area contributed by atoms with Crippen molar-refractivity contribution in [3.8, 4) is 6.57 Å². The molecule has 1 nitrogen and oxygen atoms in total. The third-order valence-corrected chi connectivity index (χ3v) is 4.45. The summed E-state index contributed by atoms with van der Waals surface area (Å²) < 4.78 is 2.99. The average Bonchev–Trinajstić information content (AvgIpc) is 2.34. The van der Waals surface area contributed by atoms with Gasteiger partial charge in [-0.15, -0.1) is 0 Å². The number of hydrogen-bond acceptors (Lipinski definition) is 1. The van der Waals surface area contributed by atoms with Crippen LogP contribution >= 0.6 is 0 Å². The van der Waals surface area contributed by atoms with Gasteiger partial charge in [0.15, 0.2) is 0 Å². The van der Waals surface area contributed by atoms with Gasteiger partial charge in [0.1, 0.15) is 0 Å². The molecule has 2 rings (SSSR count). The number of nitrogens with zero attached hydrogens (tertiary/aromatic N) is 1. The van der Waals surface area contributed by atoms with Crippen molar-refractivity contribution in [2.75, 3.05) is 0 Å². The second-order valence-electron chi connectivity index (χ2n) is 2.86. The molecule has 15 heavy (non-hydrogen) atoms. The molecule has 0 amide bonds. The first-order valence-corrected chi connectivity index (χ1v) is 6.68. The van der Waals surface area contributed by atoms with E-state index in [-0.39, 0.29) is 15.8 Å². The minimum absolute atomic E-state index is 0.108. The molecule has 0 spiro atoms. The van der Waals surface area contributed by atoms with Gasteiger partial charge in [-0.05, 0) is 0 Å². The van der Waals surface area contributed by atoms with Gasteiger partial charge < -0.3 is 0 Å². The summed E-state index contributed by atoms with van der Waals surface area (Å²) in [6.45, 7) is 3.50. The predicted molar refractivity (Wildman–Crippen MR) is 66.0 cm³/mol. The second kappa shape index (κ2) is 6.87. The Morgan fingerprint density at radius 2 is 1.00 bits per heavy atom. The topological polar surface area (TPSA) is 23.8 Å². The van der Waals surface area contributed by atoms with E-state index >= 15 is 0 Å². The van der Waals surface area contributed by atoms with Crippen LogP contribution in [0.25, 0.3) is 0 Å². The Balaban J connectivity index is 0.000000531. The molecule has 0 aromatic heterocycles. The Morgan fingerprint density at radius 1 is 0.667 bits per heavy atom. The maximum absolute atomic E-state index is 6.50. The van der Waals surface area contributed by atoms with Crippen molar-refractivity contribution in [3.05, 3.63) is 60.7 Å². The van der Waals surface area contributed by atoms with Gasteiger partial charge >= 0.3 is 85.1 Å². The van der Waals surface area contributed by atoms with Crippen molar-refractivity contribution in [1.82, 2.24) is 0 Å². The molecular formula is C13H12AsN. The minimum atomic E-state index is -0.108. The Bertz CT molecular complexity index is 357. The van der Waals surface area contributed by atoms with E-state index in [9.17, 15) is 0 Å². The van der Waals surface area contributed by atoms with E-state index in [2.05, 4.69) is 67.2 Å². The van der Waals surface area contributed by atoms with Crippen molar-refractivity contribution in [3.63, 3.8) is 0 Å². The van der Waals surface area contributed by atoms with Crippen LogP contribution < -0.4 is 8.70 Å². The molecule has 0 unspecified atom stereocenters. The number of benzene rings is 2. The summed E-state index contributed by atoms with van der Waals surface area (Å²) in [6.07, 6.45) is 0. The Hall–Kier alpha value is -1.51. The summed E-state index contributed by atoms with van der Waals surface area (Å²) in [4.78, 5) is 0. The summed E-state index contributed by atoms with van der Waals surface area (Å²) in [5, 5.41) is 6.50. The molecule has 0 saturated carbocycles. The number of rotatable bonds is 2. The zero-order valence-electron chi connectivity index (χ0n) is 8.30. The summed E-state index contributed by atoms with van der Waals surface area (Å²) >= 11 is -0.108. The van der Waals surface area contributed by atoms with Crippen LogP contribution in [0.15, 0.2) is 60.7 Å². The van der Waals surface area contributed by atoms with Crippen molar-refractivity contribution in [1.29, 1.82) is 5.26 Å². The third kappa shape index (κ3) is 4.02. The maximum atomic E-state index is 6.50. The van der Waals surface area contributed by atoms with E-state index in [0.717, 1.165) is 0 Å². The molecule has 0 saturated heterocycles. The normalized spacial score (nSPS) is 8.67. The average molecular weight is 257 g/mol. The molecule has 2 aromatic rings. The van der Waals surface area contributed by atoms with Crippen LogP contribution in [0.5, 0.6) is 0 Å². The molecule has 0 radical (unpaired) electrons. The van der Waals surface area contributed by atoms with Crippen LogP contribution in [0.3, 0.4) is 0 Å². The molecule has 0 fully saturated rings.